The Bertz CT molecular complexity index is 1090. The van der Waals surface area contributed by atoms with Gasteiger partial charge in [0, 0.05) is 49.6 Å². The highest BCUT2D eigenvalue weighted by atomic mass is 35.5. The third-order valence-electron chi connectivity index (χ3n) is 5.25. The number of amides is 1. The monoisotopic (exact) mass is 480 g/mol. The molecular weight excluding hydrogens is 456 g/mol. The van der Waals surface area contributed by atoms with E-state index in [-0.39, 0.29) is 33.6 Å². The van der Waals surface area contributed by atoms with Crippen LogP contribution in [-0.2, 0) is 10.0 Å². The van der Waals surface area contributed by atoms with Crippen LogP contribution in [0.25, 0.3) is 0 Å². The zero-order chi connectivity index (χ0) is 23.3. The van der Waals surface area contributed by atoms with Crippen molar-refractivity contribution in [2.24, 2.45) is 5.92 Å². The first kappa shape index (κ1) is 24.0. The zero-order valence-electron chi connectivity index (χ0n) is 17.6. The number of nitrogens with zero attached hydrogens (tertiary/aromatic N) is 2. The van der Waals surface area contributed by atoms with Crippen LogP contribution in [0.4, 0.5) is 11.4 Å². The van der Waals surface area contributed by atoms with Crippen LogP contribution >= 0.6 is 11.6 Å². The van der Waals surface area contributed by atoms with E-state index >= 15 is 0 Å². The van der Waals surface area contributed by atoms with E-state index in [0.29, 0.717) is 25.3 Å². The molecule has 2 N–H and O–H groups in total. The van der Waals surface area contributed by atoms with Gasteiger partial charge in [-0.2, -0.15) is 4.31 Å². The topological polar surface area (TPSA) is 122 Å². The number of halogens is 1. The lowest BCUT2D eigenvalue weighted by Crippen LogP contribution is -2.39. The largest absolute Gasteiger partial charge is 0.383 e. The molecule has 1 saturated heterocycles. The SMILES string of the molecule is CC1CCCN(S(=O)(=O)c2cc(C(=O)NCCNc3ccc([N+](=O)[O-])cc3)ccc2Cl)C1. The van der Waals surface area contributed by atoms with Crippen LogP contribution in [0, 0.1) is 16.0 Å². The molecule has 0 aliphatic carbocycles. The lowest BCUT2D eigenvalue weighted by atomic mass is 10.0. The Hall–Kier alpha value is -2.69. The molecule has 1 amide bonds. The van der Waals surface area contributed by atoms with Crippen molar-refractivity contribution < 1.29 is 18.1 Å². The molecule has 1 aliphatic rings. The Morgan fingerprint density at radius 3 is 2.59 bits per heavy atom. The number of piperidine rings is 1. The third-order valence-corrected chi connectivity index (χ3v) is 7.60. The summed E-state index contributed by atoms with van der Waals surface area (Å²) >= 11 is 6.18. The molecule has 0 aromatic heterocycles. The van der Waals surface area contributed by atoms with E-state index in [1.165, 1.54) is 34.6 Å². The predicted molar refractivity (Wildman–Crippen MR) is 123 cm³/mol. The normalized spacial score (nSPS) is 17.0. The Kier molecular flexibility index (Phi) is 7.70. The summed E-state index contributed by atoms with van der Waals surface area (Å²) in [5.41, 5.74) is 0.880. The first-order chi connectivity index (χ1) is 15.2. The second-order valence-electron chi connectivity index (χ2n) is 7.74. The van der Waals surface area contributed by atoms with Gasteiger partial charge in [0.2, 0.25) is 10.0 Å². The van der Waals surface area contributed by atoms with E-state index in [1.54, 1.807) is 12.1 Å². The molecule has 0 spiro atoms. The maximum Gasteiger partial charge on any atom is 0.269 e. The highest BCUT2D eigenvalue weighted by molar-refractivity contribution is 7.89. The van der Waals surface area contributed by atoms with Crippen molar-refractivity contribution >= 4 is 38.9 Å². The van der Waals surface area contributed by atoms with Gasteiger partial charge < -0.3 is 10.6 Å². The van der Waals surface area contributed by atoms with Gasteiger partial charge in [-0.1, -0.05) is 18.5 Å². The Morgan fingerprint density at radius 2 is 1.94 bits per heavy atom. The summed E-state index contributed by atoms with van der Waals surface area (Å²) in [6.45, 7) is 3.53. The van der Waals surface area contributed by atoms with E-state index in [9.17, 15) is 23.3 Å². The number of carbonyl (C=O) groups excluding carboxylic acids is 1. The number of hydrogen-bond acceptors (Lipinski definition) is 6. The van der Waals surface area contributed by atoms with Crippen LogP contribution in [0.15, 0.2) is 47.4 Å². The molecule has 1 fully saturated rings. The third kappa shape index (κ3) is 5.76. The van der Waals surface area contributed by atoms with E-state index in [1.807, 2.05) is 6.92 Å². The summed E-state index contributed by atoms with van der Waals surface area (Å²) in [7, 11) is -3.79. The second kappa shape index (κ2) is 10.3. The highest BCUT2D eigenvalue weighted by Crippen LogP contribution is 2.29. The van der Waals surface area contributed by atoms with Crippen LogP contribution in [0.3, 0.4) is 0 Å². The molecule has 1 unspecified atom stereocenters. The first-order valence-electron chi connectivity index (χ1n) is 10.2. The van der Waals surface area contributed by atoms with Gasteiger partial charge in [0.1, 0.15) is 4.90 Å². The molecule has 9 nitrogen and oxygen atoms in total. The van der Waals surface area contributed by atoms with Crippen molar-refractivity contribution in [3.8, 4) is 0 Å². The minimum atomic E-state index is -3.79. The Labute approximate surface area is 192 Å². The number of carbonyl (C=O) groups is 1. The number of benzene rings is 2. The number of sulfonamides is 1. The minimum absolute atomic E-state index is 0.00337. The number of nitrogens with one attached hydrogen (secondary N) is 2. The van der Waals surface area contributed by atoms with Gasteiger partial charge in [-0.3, -0.25) is 14.9 Å². The van der Waals surface area contributed by atoms with Gasteiger partial charge in [-0.15, -0.1) is 0 Å². The standard InChI is InChI=1S/C21H25ClN4O5S/c1-15-3-2-12-25(14-15)32(30,31)20-13-16(4-9-19(20)22)21(27)24-11-10-23-17-5-7-18(8-6-17)26(28)29/h4-9,13,15,23H,2-3,10-12,14H2,1H3,(H,24,27). The molecule has 11 heteroatoms. The summed E-state index contributed by atoms with van der Waals surface area (Å²) in [6, 6.07) is 10.2. The quantitative estimate of drug-likeness (QED) is 0.338. The highest BCUT2D eigenvalue weighted by Gasteiger charge is 2.30. The average molecular weight is 481 g/mol. The molecule has 32 heavy (non-hydrogen) atoms. The molecule has 0 radical (unpaired) electrons. The molecule has 2 aromatic carbocycles. The summed E-state index contributed by atoms with van der Waals surface area (Å²) in [5.74, 6) is -0.150. The van der Waals surface area contributed by atoms with Crippen molar-refractivity contribution in [2.45, 2.75) is 24.7 Å². The van der Waals surface area contributed by atoms with Gasteiger partial charge in [-0.05, 0) is 49.1 Å². The number of anilines is 1. The lowest BCUT2D eigenvalue weighted by Gasteiger charge is -2.30. The van der Waals surface area contributed by atoms with Crippen molar-refractivity contribution in [1.82, 2.24) is 9.62 Å². The number of non-ortho nitro benzene ring substituents is 1. The predicted octanol–water partition coefficient (Wildman–Crippen LogP) is 3.51. The van der Waals surface area contributed by atoms with Crippen molar-refractivity contribution in [3.63, 3.8) is 0 Å². The molecule has 1 aliphatic heterocycles. The molecule has 0 bridgehead atoms. The number of rotatable bonds is 8. The van der Waals surface area contributed by atoms with Gasteiger partial charge in [0.15, 0.2) is 0 Å². The first-order valence-corrected chi connectivity index (χ1v) is 12.1. The van der Waals surface area contributed by atoms with E-state index in [0.717, 1.165) is 12.8 Å². The zero-order valence-corrected chi connectivity index (χ0v) is 19.2. The van der Waals surface area contributed by atoms with E-state index in [2.05, 4.69) is 10.6 Å². The molecule has 0 saturated carbocycles. The van der Waals surface area contributed by atoms with Crippen molar-refractivity contribution in [2.75, 3.05) is 31.5 Å². The van der Waals surface area contributed by atoms with Crippen LogP contribution in [-0.4, -0.2) is 49.7 Å². The van der Waals surface area contributed by atoms with Gasteiger partial charge >= 0.3 is 0 Å². The van der Waals surface area contributed by atoms with E-state index < -0.39 is 20.9 Å². The van der Waals surface area contributed by atoms with Crippen LogP contribution < -0.4 is 10.6 Å². The molecule has 3 rings (SSSR count). The van der Waals surface area contributed by atoms with Gasteiger partial charge in [0.25, 0.3) is 11.6 Å². The van der Waals surface area contributed by atoms with Crippen LogP contribution in [0.2, 0.25) is 5.02 Å². The van der Waals surface area contributed by atoms with Crippen molar-refractivity contribution in [3.05, 3.63) is 63.2 Å². The molecule has 1 heterocycles. The molecule has 1 atom stereocenters. The summed E-state index contributed by atoms with van der Waals surface area (Å²) in [6.07, 6.45) is 1.77. The fourth-order valence-electron chi connectivity index (χ4n) is 3.53. The minimum Gasteiger partial charge on any atom is -0.383 e. The molecule has 172 valence electrons. The van der Waals surface area contributed by atoms with Gasteiger partial charge in [-0.25, -0.2) is 8.42 Å². The lowest BCUT2D eigenvalue weighted by molar-refractivity contribution is -0.384. The molecular formula is C21H25ClN4O5S. The smallest absolute Gasteiger partial charge is 0.269 e. The maximum atomic E-state index is 13.1. The number of nitro groups is 1. The summed E-state index contributed by atoms with van der Waals surface area (Å²) in [5, 5.41) is 16.5. The summed E-state index contributed by atoms with van der Waals surface area (Å²) in [4.78, 5) is 22.7. The Morgan fingerprint density at radius 1 is 1.22 bits per heavy atom. The number of hydrogen-bond donors (Lipinski definition) is 2. The fraction of sp³-hybridized carbons (Fsp3) is 0.381. The maximum absolute atomic E-state index is 13.1. The van der Waals surface area contributed by atoms with Crippen LogP contribution in [0.1, 0.15) is 30.1 Å². The molecule has 2 aromatic rings. The summed E-state index contributed by atoms with van der Waals surface area (Å²) < 4.78 is 27.6. The fourth-order valence-corrected chi connectivity index (χ4v) is 5.63. The van der Waals surface area contributed by atoms with E-state index in [4.69, 9.17) is 11.6 Å². The number of nitro benzene ring substituents is 1. The van der Waals surface area contributed by atoms with Gasteiger partial charge in [0.05, 0.1) is 9.95 Å². The van der Waals surface area contributed by atoms with Crippen LogP contribution in [0.5, 0.6) is 0 Å². The second-order valence-corrected chi connectivity index (χ2v) is 10.1. The van der Waals surface area contributed by atoms with Crippen molar-refractivity contribution in [1.29, 1.82) is 0 Å². The average Bonchev–Trinajstić information content (AvgIpc) is 2.77. The Balaban J connectivity index is 1.60.